The molecule has 0 spiro atoms. The van der Waals surface area contributed by atoms with Crippen LogP contribution in [-0.2, 0) is 20.1 Å². The number of fused-ring (bicyclic) bond motifs is 3. The first-order valence-corrected chi connectivity index (χ1v) is 10.5. The van der Waals surface area contributed by atoms with Crippen LogP contribution in [0.5, 0.6) is 0 Å². The molecule has 0 amide bonds. The molecule has 0 saturated carbocycles. The molecule has 0 atom stereocenters. The van der Waals surface area contributed by atoms with E-state index in [9.17, 15) is 9.59 Å². The molecule has 0 fully saturated rings. The first kappa shape index (κ1) is 18.9. The van der Waals surface area contributed by atoms with Gasteiger partial charge in [-0.15, -0.1) is 0 Å². The van der Waals surface area contributed by atoms with E-state index < -0.39 is 0 Å². The van der Waals surface area contributed by atoms with E-state index in [2.05, 4.69) is 26.9 Å². The molecule has 3 heterocycles. The van der Waals surface area contributed by atoms with E-state index in [-0.39, 0.29) is 17.8 Å². The van der Waals surface area contributed by atoms with E-state index in [1.165, 1.54) is 9.13 Å². The zero-order valence-electron chi connectivity index (χ0n) is 16.7. The van der Waals surface area contributed by atoms with Crippen LogP contribution in [0.2, 0.25) is 0 Å². The minimum absolute atomic E-state index is 0.219. The number of hydrogen-bond donors (Lipinski definition) is 0. The molecule has 4 aromatic rings. The molecule has 0 N–H and O–H groups in total. The van der Waals surface area contributed by atoms with Gasteiger partial charge in [0.05, 0.1) is 6.54 Å². The Kier molecular flexibility index (Phi) is 4.39. The van der Waals surface area contributed by atoms with E-state index >= 15 is 0 Å². The van der Waals surface area contributed by atoms with Crippen molar-refractivity contribution in [3.05, 3.63) is 85.0 Å². The van der Waals surface area contributed by atoms with Crippen molar-refractivity contribution in [3.8, 4) is 0 Å². The minimum Gasteiger partial charge on any atom is -0.310 e. The standard InChI is InChI=1S/C22H20BrN5O2/c1-14-4-3-5-17(12-14)26-10-11-27-18-19(24-21(26)27)25(2)22(30)28(20(18)29)13-15-6-8-16(23)9-7-15/h3-9,12H,10-11,13H2,1-2H3. The Balaban J connectivity index is 1.67. The van der Waals surface area contributed by atoms with Gasteiger partial charge in [0, 0.05) is 30.3 Å². The third kappa shape index (κ3) is 2.90. The maximum Gasteiger partial charge on any atom is 0.332 e. The van der Waals surface area contributed by atoms with Gasteiger partial charge in [0.1, 0.15) is 0 Å². The highest BCUT2D eigenvalue weighted by atomic mass is 79.9. The molecule has 8 heteroatoms. The fourth-order valence-electron chi connectivity index (χ4n) is 4.03. The van der Waals surface area contributed by atoms with Crippen molar-refractivity contribution >= 4 is 38.7 Å². The number of aromatic nitrogens is 4. The SMILES string of the molecule is Cc1cccc(N2CCn3c2nc2c3c(=O)n(Cc3ccc(Br)cc3)c(=O)n2C)c1. The van der Waals surface area contributed by atoms with Gasteiger partial charge >= 0.3 is 5.69 Å². The normalized spacial score (nSPS) is 13.2. The Morgan fingerprint density at radius 3 is 2.57 bits per heavy atom. The van der Waals surface area contributed by atoms with Crippen molar-refractivity contribution in [1.82, 2.24) is 18.7 Å². The third-order valence-electron chi connectivity index (χ3n) is 5.57. The van der Waals surface area contributed by atoms with Crippen molar-refractivity contribution < 1.29 is 0 Å². The number of hydrogen-bond acceptors (Lipinski definition) is 4. The lowest BCUT2D eigenvalue weighted by Gasteiger charge is -2.16. The average molecular weight is 466 g/mol. The lowest BCUT2D eigenvalue weighted by Crippen LogP contribution is -2.40. The molecule has 1 aliphatic rings. The van der Waals surface area contributed by atoms with E-state index in [1.807, 2.05) is 54.0 Å². The Morgan fingerprint density at radius 1 is 1.07 bits per heavy atom. The smallest absolute Gasteiger partial charge is 0.310 e. The van der Waals surface area contributed by atoms with Crippen LogP contribution < -0.4 is 16.1 Å². The highest BCUT2D eigenvalue weighted by Gasteiger charge is 2.28. The Morgan fingerprint density at radius 2 is 1.83 bits per heavy atom. The number of imidazole rings is 1. The average Bonchev–Trinajstić information content (AvgIpc) is 3.30. The lowest BCUT2D eigenvalue weighted by atomic mass is 10.2. The van der Waals surface area contributed by atoms with Gasteiger partial charge in [-0.3, -0.25) is 13.9 Å². The van der Waals surface area contributed by atoms with Crippen LogP contribution in [0.25, 0.3) is 11.2 Å². The van der Waals surface area contributed by atoms with Gasteiger partial charge in [-0.2, -0.15) is 4.98 Å². The summed E-state index contributed by atoms with van der Waals surface area (Å²) in [6.07, 6.45) is 0. The van der Waals surface area contributed by atoms with Crippen LogP contribution >= 0.6 is 15.9 Å². The largest absolute Gasteiger partial charge is 0.332 e. The maximum absolute atomic E-state index is 13.4. The maximum atomic E-state index is 13.4. The number of aryl methyl sites for hydroxylation is 2. The lowest BCUT2D eigenvalue weighted by molar-refractivity contribution is 0.652. The molecule has 0 unspecified atom stereocenters. The van der Waals surface area contributed by atoms with Gasteiger partial charge in [-0.25, -0.2) is 4.79 Å². The first-order valence-electron chi connectivity index (χ1n) is 9.73. The second-order valence-electron chi connectivity index (χ2n) is 7.59. The topological polar surface area (TPSA) is 65.1 Å². The van der Waals surface area contributed by atoms with E-state index in [0.29, 0.717) is 23.7 Å². The van der Waals surface area contributed by atoms with Crippen LogP contribution in [0, 0.1) is 6.92 Å². The van der Waals surface area contributed by atoms with Crippen molar-refractivity contribution in [1.29, 1.82) is 0 Å². The second kappa shape index (κ2) is 6.98. The van der Waals surface area contributed by atoms with E-state index in [1.54, 1.807) is 7.05 Å². The molecule has 7 nitrogen and oxygen atoms in total. The molecule has 0 radical (unpaired) electrons. The van der Waals surface area contributed by atoms with E-state index in [0.717, 1.165) is 27.8 Å². The van der Waals surface area contributed by atoms with Gasteiger partial charge in [0.2, 0.25) is 5.95 Å². The summed E-state index contributed by atoms with van der Waals surface area (Å²) in [5.41, 5.74) is 3.30. The second-order valence-corrected chi connectivity index (χ2v) is 8.50. The third-order valence-corrected chi connectivity index (χ3v) is 6.10. The summed E-state index contributed by atoms with van der Waals surface area (Å²) in [7, 11) is 1.67. The summed E-state index contributed by atoms with van der Waals surface area (Å²) in [5, 5.41) is 0. The van der Waals surface area contributed by atoms with Gasteiger partial charge in [0.15, 0.2) is 11.2 Å². The van der Waals surface area contributed by atoms with Crippen LogP contribution in [0.1, 0.15) is 11.1 Å². The number of rotatable bonds is 3. The Labute approximate surface area is 180 Å². The zero-order chi connectivity index (χ0) is 21.0. The predicted molar refractivity (Wildman–Crippen MR) is 121 cm³/mol. The monoisotopic (exact) mass is 465 g/mol. The summed E-state index contributed by atoms with van der Waals surface area (Å²) in [6.45, 7) is 3.64. The molecule has 152 valence electrons. The van der Waals surface area contributed by atoms with Crippen molar-refractivity contribution in [3.63, 3.8) is 0 Å². The quantitative estimate of drug-likeness (QED) is 0.466. The van der Waals surface area contributed by atoms with Crippen LogP contribution in [-0.4, -0.2) is 25.2 Å². The molecule has 2 aromatic carbocycles. The van der Waals surface area contributed by atoms with Crippen molar-refractivity contribution in [2.45, 2.75) is 20.0 Å². The molecule has 1 aliphatic heterocycles. The van der Waals surface area contributed by atoms with Gasteiger partial charge in [-0.05, 0) is 42.3 Å². The summed E-state index contributed by atoms with van der Waals surface area (Å²) in [4.78, 5) is 33.1. The summed E-state index contributed by atoms with van der Waals surface area (Å²) >= 11 is 3.41. The first-order chi connectivity index (χ1) is 14.4. The predicted octanol–water partition coefficient (Wildman–Crippen LogP) is 3.17. The van der Waals surface area contributed by atoms with Gasteiger partial charge in [0.25, 0.3) is 5.56 Å². The summed E-state index contributed by atoms with van der Waals surface area (Å²) in [6, 6.07) is 15.8. The fourth-order valence-corrected chi connectivity index (χ4v) is 4.29. The van der Waals surface area contributed by atoms with Crippen LogP contribution in [0.4, 0.5) is 11.6 Å². The zero-order valence-corrected chi connectivity index (χ0v) is 18.3. The van der Waals surface area contributed by atoms with Gasteiger partial charge < -0.3 is 9.47 Å². The molecule has 0 saturated heterocycles. The van der Waals surface area contributed by atoms with Crippen LogP contribution in [0.3, 0.4) is 0 Å². The molecule has 0 bridgehead atoms. The van der Waals surface area contributed by atoms with Crippen molar-refractivity contribution in [2.24, 2.45) is 7.05 Å². The molecular formula is C22H20BrN5O2. The number of nitrogens with zero attached hydrogens (tertiary/aromatic N) is 5. The number of halogens is 1. The van der Waals surface area contributed by atoms with Crippen LogP contribution in [0.15, 0.2) is 62.6 Å². The minimum atomic E-state index is -0.366. The van der Waals surface area contributed by atoms with Gasteiger partial charge in [-0.1, -0.05) is 40.2 Å². The Hall–Kier alpha value is -3.13. The summed E-state index contributed by atoms with van der Waals surface area (Å²) in [5.74, 6) is 0.698. The number of anilines is 2. The number of benzene rings is 2. The molecule has 0 aliphatic carbocycles. The van der Waals surface area contributed by atoms with Crippen molar-refractivity contribution in [2.75, 3.05) is 11.4 Å². The fraction of sp³-hybridized carbons (Fsp3) is 0.227. The highest BCUT2D eigenvalue weighted by molar-refractivity contribution is 9.10. The summed E-state index contributed by atoms with van der Waals surface area (Å²) < 4.78 is 5.63. The van der Waals surface area contributed by atoms with E-state index in [4.69, 9.17) is 4.98 Å². The molecule has 2 aromatic heterocycles. The highest BCUT2D eigenvalue weighted by Crippen LogP contribution is 2.31. The molecular weight excluding hydrogens is 446 g/mol. The molecule has 30 heavy (non-hydrogen) atoms. The Bertz CT molecular complexity index is 1400. The molecule has 5 rings (SSSR count).